The van der Waals surface area contributed by atoms with Crippen LogP contribution in [0.2, 0.25) is 0 Å². The van der Waals surface area contributed by atoms with E-state index in [1.807, 2.05) is 35.9 Å². The van der Waals surface area contributed by atoms with Crippen molar-refractivity contribution < 1.29 is 4.74 Å². The molecule has 0 unspecified atom stereocenters. The highest BCUT2D eigenvalue weighted by Crippen LogP contribution is 2.30. The molecule has 0 bridgehead atoms. The molecule has 0 saturated carbocycles. The van der Waals surface area contributed by atoms with Gasteiger partial charge in [0, 0.05) is 24.2 Å². The second-order valence-corrected chi connectivity index (χ2v) is 10.4. The number of rotatable bonds is 9. The smallest absolute Gasteiger partial charge is 0.252 e. The van der Waals surface area contributed by atoms with Crippen molar-refractivity contribution in [2.45, 2.75) is 72.1 Å². The molecule has 0 amide bonds. The summed E-state index contributed by atoms with van der Waals surface area (Å²) >= 11 is 0. The lowest BCUT2D eigenvalue weighted by Crippen LogP contribution is -2.35. The molecule has 8 heteroatoms. The van der Waals surface area contributed by atoms with Gasteiger partial charge in [-0.2, -0.15) is 0 Å². The Labute approximate surface area is 212 Å². The van der Waals surface area contributed by atoms with E-state index >= 15 is 0 Å². The summed E-state index contributed by atoms with van der Waals surface area (Å²) in [6.45, 7) is 11.6. The predicted octanol–water partition coefficient (Wildman–Crippen LogP) is 5.13. The van der Waals surface area contributed by atoms with Gasteiger partial charge in [0.15, 0.2) is 5.82 Å². The molecule has 0 spiro atoms. The van der Waals surface area contributed by atoms with Crippen molar-refractivity contribution in [2.75, 3.05) is 7.11 Å². The second kappa shape index (κ2) is 10.6. The Balaban J connectivity index is 1.78. The molecule has 4 aromatic rings. The minimum atomic E-state index is -0.269. The van der Waals surface area contributed by atoms with Crippen molar-refractivity contribution in [3.05, 3.63) is 81.4 Å². The zero-order chi connectivity index (χ0) is 25.9. The van der Waals surface area contributed by atoms with Gasteiger partial charge in [0.25, 0.3) is 5.56 Å². The molecule has 2 heterocycles. The summed E-state index contributed by atoms with van der Waals surface area (Å²) in [7, 11) is 1.67. The minimum Gasteiger partial charge on any atom is -0.497 e. The number of nitrogens with one attached hydrogen (secondary N) is 1. The summed E-state index contributed by atoms with van der Waals surface area (Å²) in [5.74, 6) is 1.62. The summed E-state index contributed by atoms with van der Waals surface area (Å²) in [4.78, 5) is 18.6. The molecule has 0 saturated heterocycles. The van der Waals surface area contributed by atoms with Crippen LogP contribution in [0.3, 0.4) is 0 Å². The van der Waals surface area contributed by atoms with Crippen LogP contribution >= 0.6 is 0 Å². The highest BCUT2D eigenvalue weighted by atomic mass is 16.5. The maximum absolute atomic E-state index is 13.2. The molecule has 8 nitrogen and oxygen atoms in total. The van der Waals surface area contributed by atoms with Gasteiger partial charge in [-0.1, -0.05) is 37.6 Å². The number of methoxy groups -OCH3 is 1. The van der Waals surface area contributed by atoms with Gasteiger partial charge in [-0.3, -0.25) is 9.69 Å². The fraction of sp³-hybridized carbons (Fsp3) is 0.429. The zero-order valence-electron chi connectivity index (χ0n) is 22.1. The first-order valence-electron chi connectivity index (χ1n) is 12.5. The molecule has 0 aliphatic rings. The van der Waals surface area contributed by atoms with Gasteiger partial charge in [-0.15, -0.1) is 5.10 Å². The molecule has 4 rings (SSSR count). The van der Waals surface area contributed by atoms with Crippen LogP contribution < -0.4 is 10.3 Å². The average molecular weight is 489 g/mol. The number of nitrogens with zero attached hydrogens (tertiary/aromatic N) is 5. The summed E-state index contributed by atoms with van der Waals surface area (Å²) in [6, 6.07) is 16.1. The number of benzene rings is 2. The summed E-state index contributed by atoms with van der Waals surface area (Å²) in [5, 5.41) is 13.8. The average Bonchev–Trinajstić information content (AvgIpc) is 3.33. The molecule has 2 aromatic heterocycles. The number of aromatic amines is 1. The van der Waals surface area contributed by atoms with Crippen LogP contribution in [0, 0.1) is 6.92 Å². The molecule has 0 fully saturated rings. The Bertz CT molecular complexity index is 1370. The van der Waals surface area contributed by atoms with E-state index in [2.05, 4.69) is 77.4 Å². The van der Waals surface area contributed by atoms with Crippen LogP contribution in [0.5, 0.6) is 5.75 Å². The first kappa shape index (κ1) is 25.6. The van der Waals surface area contributed by atoms with Gasteiger partial charge in [-0.05, 0) is 85.3 Å². The van der Waals surface area contributed by atoms with E-state index < -0.39 is 0 Å². The van der Waals surface area contributed by atoms with E-state index in [1.165, 1.54) is 0 Å². The van der Waals surface area contributed by atoms with Crippen molar-refractivity contribution in [1.82, 2.24) is 30.1 Å². The van der Waals surface area contributed by atoms with Crippen molar-refractivity contribution in [3.8, 4) is 5.75 Å². The number of aromatic nitrogens is 5. The molecular formula is C28H36N6O2. The Morgan fingerprint density at radius 3 is 2.50 bits per heavy atom. The molecule has 36 heavy (non-hydrogen) atoms. The molecular weight excluding hydrogens is 452 g/mol. The third-order valence-electron chi connectivity index (χ3n) is 6.43. The van der Waals surface area contributed by atoms with E-state index in [0.717, 1.165) is 52.0 Å². The first-order chi connectivity index (χ1) is 17.2. The standard InChI is InChI=1S/C28H36N6O2/c1-7-8-25(26-30-31-32-34(26)28(3,4)5)33(17-20-10-13-23(36-6)14-11-20)18-22-16-21-12-9-19(2)15-24(21)29-27(22)35/h9-16,25H,7-8,17-18H2,1-6H3,(H,29,35)/t25-/m0/s1. The monoisotopic (exact) mass is 488 g/mol. The van der Waals surface area contributed by atoms with E-state index in [9.17, 15) is 4.79 Å². The maximum atomic E-state index is 13.2. The topological polar surface area (TPSA) is 88.9 Å². The van der Waals surface area contributed by atoms with Crippen LogP contribution in [-0.4, -0.2) is 37.2 Å². The number of hydrogen-bond acceptors (Lipinski definition) is 6. The maximum Gasteiger partial charge on any atom is 0.252 e. The van der Waals surface area contributed by atoms with Crippen LogP contribution in [0.4, 0.5) is 0 Å². The van der Waals surface area contributed by atoms with Crippen LogP contribution in [0.15, 0.2) is 53.3 Å². The Kier molecular flexibility index (Phi) is 7.54. The van der Waals surface area contributed by atoms with Crippen molar-refractivity contribution >= 4 is 10.9 Å². The summed E-state index contributed by atoms with van der Waals surface area (Å²) in [5.41, 5.74) is 3.47. The molecule has 190 valence electrons. The zero-order valence-corrected chi connectivity index (χ0v) is 22.1. The Morgan fingerprint density at radius 1 is 1.08 bits per heavy atom. The number of pyridine rings is 1. The number of tetrazole rings is 1. The van der Waals surface area contributed by atoms with E-state index in [4.69, 9.17) is 4.74 Å². The minimum absolute atomic E-state index is 0.0700. The van der Waals surface area contributed by atoms with Gasteiger partial charge >= 0.3 is 0 Å². The largest absolute Gasteiger partial charge is 0.497 e. The van der Waals surface area contributed by atoms with E-state index in [0.29, 0.717) is 13.1 Å². The fourth-order valence-electron chi connectivity index (χ4n) is 4.57. The summed E-state index contributed by atoms with van der Waals surface area (Å²) < 4.78 is 7.25. The van der Waals surface area contributed by atoms with Gasteiger partial charge in [-0.25, -0.2) is 4.68 Å². The van der Waals surface area contributed by atoms with Gasteiger partial charge < -0.3 is 9.72 Å². The Morgan fingerprint density at radius 2 is 1.83 bits per heavy atom. The highest BCUT2D eigenvalue weighted by molar-refractivity contribution is 5.79. The molecule has 0 aliphatic heterocycles. The fourth-order valence-corrected chi connectivity index (χ4v) is 4.57. The number of aryl methyl sites for hydroxylation is 1. The number of H-pyrrole nitrogens is 1. The lowest BCUT2D eigenvalue weighted by atomic mass is 10.0. The number of ether oxygens (including phenoxy) is 1. The van der Waals surface area contributed by atoms with E-state index in [1.54, 1.807) is 7.11 Å². The Hall–Kier alpha value is -3.52. The lowest BCUT2D eigenvalue weighted by Gasteiger charge is -2.33. The number of hydrogen-bond donors (Lipinski definition) is 1. The molecule has 2 aromatic carbocycles. The normalized spacial score (nSPS) is 12.9. The second-order valence-electron chi connectivity index (χ2n) is 10.4. The molecule has 0 radical (unpaired) electrons. The highest BCUT2D eigenvalue weighted by Gasteiger charge is 2.30. The van der Waals surface area contributed by atoms with Crippen LogP contribution in [0.25, 0.3) is 10.9 Å². The quantitative estimate of drug-likeness (QED) is 0.351. The molecule has 1 N–H and O–H groups in total. The first-order valence-corrected chi connectivity index (χ1v) is 12.5. The van der Waals surface area contributed by atoms with Crippen LogP contribution in [-0.2, 0) is 18.6 Å². The third kappa shape index (κ3) is 5.65. The lowest BCUT2D eigenvalue weighted by molar-refractivity contribution is 0.148. The van der Waals surface area contributed by atoms with Gasteiger partial charge in [0.2, 0.25) is 0 Å². The van der Waals surface area contributed by atoms with Crippen LogP contribution in [0.1, 0.15) is 69.1 Å². The predicted molar refractivity (Wildman–Crippen MR) is 142 cm³/mol. The SMILES string of the molecule is CCC[C@@H](c1nnnn1C(C)(C)C)N(Cc1ccc(OC)cc1)Cc1cc2ccc(C)cc2[nH]c1=O. The molecule has 1 atom stereocenters. The van der Waals surface area contributed by atoms with E-state index in [-0.39, 0.29) is 17.1 Å². The third-order valence-corrected chi connectivity index (χ3v) is 6.43. The van der Waals surface area contributed by atoms with Crippen molar-refractivity contribution in [1.29, 1.82) is 0 Å². The van der Waals surface area contributed by atoms with Gasteiger partial charge in [0.1, 0.15) is 5.75 Å². The van der Waals surface area contributed by atoms with Crippen molar-refractivity contribution in [3.63, 3.8) is 0 Å². The van der Waals surface area contributed by atoms with Gasteiger partial charge in [0.05, 0.1) is 18.7 Å². The molecule has 0 aliphatic carbocycles. The van der Waals surface area contributed by atoms with Crippen molar-refractivity contribution in [2.24, 2.45) is 0 Å². The number of fused-ring (bicyclic) bond motifs is 1. The summed E-state index contributed by atoms with van der Waals surface area (Å²) in [6.07, 6.45) is 1.81.